The predicted molar refractivity (Wildman–Crippen MR) is 112 cm³/mol. The molecule has 0 unspecified atom stereocenters. The molecule has 5 aromatic rings. The lowest BCUT2D eigenvalue weighted by molar-refractivity contribution is 0.273. The quantitative estimate of drug-likeness (QED) is 0.510. The van der Waals surface area contributed by atoms with Crippen LogP contribution in [-0.4, -0.2) is 26.2 Å². The number of hydrogen-bond acceptors (Lipinski definition) is 5. The topological polar surface area (TPSA) is 81.2 Å². The van der Waals surface area contributed by atoms with Crippen LogP contribution in [0, 0.1) is 0 Å². The molecule has 5 rings (SSSR count). The Morgan fingerprint density at radius 1 is 0.966 bits per heavy atom. The van der Waals surface area contributed by atoms with Gasteiger partial charge in [-0.25, -0.2) is 9.97 Å². The Hall–Kier alpha value is -3.77. The van der Waals surface area contributed by atoms with E-state index in [-0.39, 0.29) is 24.3 Å². The minimum absolute atomic E-state index is 0.144. The van der Waals surface area contributed by atoms with E-state index in [9.17, 15) is 9.90 Å². The zero-order chi connectivity index (χ0) is 19.8. The van der Waals surface area contributed by atoms with E-state index >= 15 is 0 Å². The van der Waals surface area contributed by atoms with Crippen molar-refractivity contribution in [1.82, 2.24) is 14.5 Å². The number of nitrogens with zero attached hydrogens (tertiary/aromatic N) is 3. The lowest BCUT2D eigenvalue weighted by atomic mass is 10.00. The molecule has 142 valence electrons. The molecule has 6 heteroatoms. The first kappa shape index (κ1) is 17.3. The van der Waals surface area contributed by atoms with Gasteiger partial charge in [-0.05, 0) is 17.2 Å². The summed E-state index contributed by atoms with van der Waals surface area (Å²) in [6.45, 7) is 0.00600. The molecular weight excluding hydrogens is 366 g/mol. The molecule has 0 spiro atoms. The summed E-state index contributed by atoms with van der Waals surface area (Å²) in [4.78, 5) is 21.9. The Kier molecular flexibility index (Phi) is 4.18. The van der Waals surface area contributed by atoms with Crippen molar-refractivity contribution in [1.29, 1.82) is 0 Å². The number of aliphatic hydroxyl groups excluding tert-OH is 1. The molecule has 0 bridgehead atoms. The number of fused-ring (bicyclic) bond motifs is 3. The van der Waals surface area contributed by atoms with Gasteiger partial charge in [-0.1, -0.05) is 60.7 Å². The number of aliphatic hydroxyl groups is 1. The maximum Gasteiger partial charge on any atom is 0.297 e. The van der Waals surface area contributed by atoms with Crippen LogP contribution in [0.25, 0.3) is 44.6 Å². The number of furan rings is 1. The molecular formula is C23H17N3O3. The summed E-state index contributed by atoms with van der Waals surface area (Å²) >= 11 is 0. The van der Waals surface area contributed by atoms with Crippen molar-refractivity contribution < 1.29 is 9.52 Å². The highest BCUT2D eigenvalue weighted by molar-refractivity contribution is 6.09. The molecule has 0 fully saturated rings. The summed E-state index contributed by atoms with van der Waals surface area (Å²) in [5.41, 5.74) is 4.26. The Morgan fingerprint density at radius 2 is 1.66 bits per heavy atom. The Labute approximate surface area is 165 Å². The van der Waals surface area contributed by atoms with Crippen molar-refractivity contribution in [2.75, 3.05) is 6.61 Å². The zero-order valence-corrected chi connectivity index (χ0v) is 15.4. The molecule has 0 aliphatic heterocycles. The van der Waals surface area contributed by atoms with Gasteiger partial charge in [-0.2, -0.15) is 0 Å². The molecule has 6 nitrogen and oxygen atoms in total. The van der Waals surface area contributed by atoms with Gasteiger partial charge in [0.15, 0.2) is 0 Å². The summed E-state index contributed by atoms with van der Waals surface area (Å²) in [6.07, 6.45) is 1.44. The number of pyridine rings is 1. The first-order valence-electron chi connectivity index (χ1n) is 9.30. The van der Waals surface area contributed by atoms with Gasteiger partial charge < -0.3 is 9.52 Å². The van der Waals surface area contributed by atoms with E-state index in [1.807, 2.05) is 66.7 Å². The van der Waals surface area contributed by atoms with E-state index in [1.54, 1.807) is 0 Å². The van der Waals surface area contributed by atoms with Gasteiger partial charge in [0.25, 0.3) is 5.56 Å². The van der Waals surface area contributed by atoms with Crippen molar-refractivity contribution in [2.24, 2.45) is 0 Å². The summed E-state index contributed by atoms with van der Waals surface area (Å²) in [5, 5.41) is 9.89. The van der Waals surface area contributed by atoms with Crippen LogP contribution in [0.3, 0.4) is 0 Å². The zero-order valence-electron chi connectivity index (χ0n) is 15.4. The molecule has 29 heavy (non-hydrogen) atoms. The predicted octanol–water partition coefficient (Wildman–Crippen LogP) is 3.86. The largest absolute Gasteiger partial charge is 0.430 e. The molecule has 0 aliphatic rings. The average Bonchev–Trinajstić information content (AvgIpc) is 3.16. The van der Waals surface area contributed by atoms with Gasteiger partial charge in [0.05, 0.1) is 30.6 Å². The highest BCUT2D eigenvalue weighted by Gasteiger charge is 2.20. The Morgan fingerprint density at radius 3 is 2.34 bits per heavy atom. The average molecular weight is 383 g/mol. The molecule has 0 radical (unpaired) electrons. The summed E-state index contributed by atoms with van der Waals surface area (Å²) in [7, 11) is 0. The molecule has 0 saturated carbocycles. The van der Waals surface area contributed by atoms with Gasteiger partial charge in [0.2, 0.25) is 11.3 Å². The van der Waals surface area contributed by atoms with Gasteiger partial charge in [0, 0.05) is 5.56 Å². The SMILES string of the molecule is O=c1c2oc3nc(-c4ccccc4)cc(-c4ccccc4)c3c2ncn1CCO. The van der Waals surface area contributed by atoms with Crippen LogP contribution in [0.4, 0.5) is 0 Å². The van der Waals surface area contributed by atoms with Crippen molar-refractivity contribution in [2.45, 2.75) is 6.54 Å². The van der Waals surface area contributed by atoms with Crippen molar-refractivity contribution >= 4 is 22.2 Å². The Bertz CT molecular complexity index is 1370. The summed E-state index contributed by atoms with van der Waals surface area (Å²) in [5.74, 6) is 0. The van der Waals surface area contributed by atoms with Crippen LogP contribution in [-0.2, 0) is 6.54 Å². The van der Waals surface area contributed by atoms with Crippen LogP contribution in [0.2, 0.25) is 0 Å². The fourth-order valence-electron chi connectivity index (χ4n) is 3.53. The van der Waals surface area contributed by atoms with Crippen LogP contribution in [0.1, 0.15) is 0 Å². The van der Waals surface area contributed by atoms with E-state index in [4.69, 9.17) is 4.42 Å². The van der Waals surface area contributed by atoms with Crippen LogP contribution in [0.15, 0.2) is 82.3 Å². The highest BCUT2D eigenvalue weighted by atomic mass is 16.3. The first-order chi connectivity index (χ1) is 14.3. The molecule has 3 aromatic heterocycles. The summed E-state index contributed by atoms with van der Waals surface area (Å²) < 4.78 is 7.24. The van der Waals surface area contributed by atoms with Gasteiger partial charge in [0.1, 0.15) is 5.52 Å². The second-order valence-electron chi connectivity index (χ2n) is 6.71. The molecule has 0 amide bonds. The third-order valence-corrected chi connectivity index (χ3v) is 4.91. The number of aromatic nitrogens is 3. The third kappa shape index (κ3) is 2.90. The van der Waals surface area contributed by atoms with E-state index in [0.717, 1.165) is 22.4 Å². The van der Waals surface area contributed by atoms with E-state index < -0.39 is 0 Å². The van der Waals surface area contributed by atoms with Crippen LogP contribution < -0.4 is 5.56 Å². The maximum atomic E-state index is 12.8. The summed E-state index contributed by atoms with van der Waals surface area (Å²) in [6, 6.07) is 21.7. The fraction of sp³-hybridized carbons (Fsp3) is 0.0870. The van der Waals surface area contributed by atoms with Gasteiger partial charge in [-0.3, -0.25) is 9.36 Å². The molecule has 0 aliphatic carbocycles. The molecule has 0 atom stereocenters. The fourth-order valence-corrected chi connectivity index (χ4v) is 3.53. The van der Waals surface area contributed by atoms with Crippen LogP contribution >= 0.6 is 0 Å². The maximum absolute atomic E-state index is 12.8. The Balaban J connectivity index is 1.88. The smallest absolute Gasteiger partial charge is 0.297 e. The normalized spacial score (nSPS) is 11.3. The monoisotopic (exact) mass is 383 g/mol. The van der Waals surface area contributed by atoms with E-state index in [1.165, 1.54) is 10.9 Å². The molecule has 0 saturated heterocycles. The van der Waals surface area contributed by atoms with Gasteiger partial charge >= 0.3 is 0 Å². The minimum Gasteiger partial charge on any atom is -0.430 e. The minimum atomic E-state index is -0.331. The van der Waals surface area contributed by atoms with Crippen LogP contribution in [0.5, 0.6) is 0 Å². The molecule has 1 N–H and O–H groups in total. The second-order valence-corrected chi connectivity index (χ2v) is 6.71. The highest BCUT2D eigenvalue weighted by Crippen LogP contribution is 2.36. The molecule has 3 heterocycles. The van der Waals surface area contributed by atoms with Crippen molar-refractivity contribution in [3.05, 3.63) is 83.4 Å². The molecule has 2 aromatic carbocycles. The first-order valence-corrected chi connectivity index (χ1v) is 9.30. The number of rotatable bonds is 4. The standard InChI is InChI=1S/C23H17N3O3/c27-12-11-26-14-24-20-19-17(15-7-3-1-4-8-15)13-18(16-9-5-2-6-10-16)25-22(19)29-21(20)23(26)28/h1-10,13-14,27H,11-12H2. The van der Waals surface area contributed by atoms with Crippen molar-refractivity contribution in [3.63, 3.8) is 0 Å². The number of hydrogen-bond donors (Lipinski definition) is 1. The third-order valence-electron chi connectivity index (χ3n) is 4.91. The van der Waals surface area contributed by atoms with Gasteiger partial charge in [-0.15, -0.1) is 0 Å². The second kappa shape index (κ2) is 7.00. The van der Waals surface area contributed by atoms with E-state index in [0.29, 0.717) is 16.6 Å². The lowest BCUT2D eigenvalue weighted by Gasteiger charge is -2.07. The number of benzene rings is 2. The lowest BCUT2D eigenvalue weighted by Crippen LogP contribution is -2.21. The van der Waals surface area contributed by atoms with E-state index in [2.05, 4.69) is 9.97 Å². The van der Waals surface area contributed by atoms with Crippen molar-refractivity contribution in [3.8, 4) is 22.4 Å².